The topological polar surface area (TPSA) is 179 Å². The molecule has 0 saturated carbocycles. The standard InChI is InChI=1S/C26H28O10/c1-10(2)5-12-17(11(3)4)26(19-23(34)13(6-27)20(31)14(7-28)24(19)35)36-25-16(9-30)21(32)15(8-29)22(33)18(12)25/h6-12,17,26,31-35H,5H2,1-4H3/t12-,17-,26-/m0/s1. The summed E-state index contributed by atoms with van der Waals surface area (Å²) < 4.78 is 6.09. The largest absolute Gasteiger partial charge is 0.507 e. The highest BCUT2D eigenvalue weighted by Gasteiger charge is 2.47. The van der Waals surface area contributed by atoms with Crippen LogP contribution in [-0.4, -0.2) is 50.7 Å². The van der Waals surface area contributed by atoms with E-state index in [4.69, 9.17) is 4.74 Å². The lowest BCUT2D eigenvalue weighted by atomic mass is 9.68. The predicted molar refractivity (Wildman–Crippen MR) is 127 cm³/mol. The fraction of sp³-hybridized carbons (Fsp3) is 0.385. The molecule has 0 radical (unpaired) electrons. The molecule has 1 aliphatic heterocycles. The highest BCUT2D eigenvalue weighted by atomic mass is 16.5. The molecule has 1 heterocycles. The SMILES string of the molecule is CC(C)C[C@@H]1c2c(O)c(C=O)c(O)c(C=O)c2O[C@H](c2c(O)c(C=O)c(O)c(C=O)c2O)[C@H]1C(C)C. The van der Waals surface area contributed by atoms with Gasteiger partial charge in [-0.25, -0.2) is 0 Å². The van der Waals surface area contributed by atoms with Crippen molar-refractivity contribution in [2.75, 3.05) is 0 Å². The van der Waals surface area contributed by atoms with Gasteiger partial charge in [-0.3, -0.25) is 19.2 Å². The van der Waals surface area contributed by atoms with Crippen LogP contribution in [0.15, 0.2) is 0 Å². The average molecular weight is 501 g/mol. The Morgan fingerprint density at radius 3 is 1.47 bits per heavy atom. The minimum absolute atomic E-state index is 0.0218. The molecular formula is C26H28O10. The highest BCUT2D eigenvalue weighted by molar-refractivity contribution is 5.96. The van der Waals surface area contributed by atoms with Crippen molar-refractivity contribution in [3.63, 3.8) is 0 Å². The van der Waals surface area contributed by atoms with E-state index in [0.717, 1.165) is 0 Å². The molecule has 5 N–H and O–H groups in total. The second-order valence-electron chi connectivity index (χ2n) is 9.62. The van der Waals surface area contributed by atoms with Crippen LogP contribution >= 0.6 is 0 Å². The van der Waals surface area contributed by atoms with Gasteiger partial charge in [-0.05, 0) is 24.2 Å². The molecule has 0 aliphatic carbocycles. The van der Waals surface area contributed by atoms with Crippen LogP contribution in [0.5, 0.6) is 34.5 Å². The molecule has 0 spiro atoms. The summed E-state index contributed by atoms with van der Waals surface area (Å²) in [6.07, 6.45) is -0.171. The number of benzene rings is 2. The number of hydrogen-bond donors (Lipinski definition) is 5. The number of aromatic hydroxyl groups is 5. The van der Waals surface area contributed by atoms with Crippen molar-refractivity contribution in [3.05, 3.63) is 33.4 Å². The quantitative estimate of drug-likeness (QED) is 0.333. The van der Waals surface area contributed by atoms with Gasteiger partial charge in [-0.1, -0.05) is 27.7 Å². The van der Waals surface area contributed by atoms with E-state index in [2.05, 4.69) is 0 Å². The number of hydrogen-bond acceptors (Lipinski definition) is 10. The van der Waals surface area contributed by atoms with E-state index in [1.807, 2.05) is 27.7 Å². The van der Waals surface area contributed by atoms with E-state index in [1.165, 1.54) is 0 Å². The fourth-order valence-corrected chi connectivity index (χ4v) is 5.18. The fourth-order valence-electron chi connectivity index (χ4n) is 5.18. The second kappa shape index (κ2) is 9.88. The van der Waals surface area contributed by atoms with Crippen molar-refractivity contribution in [3.8, 4) is 34.5 Å². The van der Waals surface area contributed by atoms with Gasteiger partial charge in [0, 0.05) is 11.5 Å². The summed E-state index contributed by atoms with van der Waals surface area (Å²) in [7, 11) is 0. The molecule has 0 bridgehead atoms. The lowest BCUT2D eigenvalue weighted by Crippen LogP contribution is -2.35. The van der Waals surface area contributed by atoms with Crippen LogP contribution in [0.25, 0.3) is 0 Å². The monoisotopic (exact) mass is 500 g/mol. The van der Waals surface area contributed by atoms with Crippen molar-refractivity contribution in [2.24, 2.45) is 17.8 Å². The molecule has 0 unspecified atom stereocenters. The van der Waals surface area contributed by atoms with Crippen LogP contribution < -0.4 is 4.74 Å². The first-order valence-corrected chi connectivity index (χ1v) is 11.4. The second-order valence-corrected chi connectivity index (χ2v) is 9.62. The van der Waals surface area contributed by atoms with Gasteiger partial charge in [-0.2, -0.15) is 0 Å². The maximum absolute atomic E-state index is 12.0. The molecule has 0 saturated heterocycles. The summed E-state index contributed by atoms with van der Waals surface area (Å²) in [6, 6.07) is 0. The number of ether oxygens (including phenoxy) is 1. The first-order valence-electron chi connectivity index (χ1n) is 11.4. The van der Waals surface area contributed by atoms with Crippen LogP contribution in [0, 0.1) is 17.8 Å². The number of phenols is 5. The molecule has 2 aromatic carbocycles. The van der Waals surface area contributed by atoms with Gasteiger partial charge < -0.3 is 30.3 Å². The van der Waals surface area contributed by atoms with E-state index in [1.54, 1.807) is 0 Å². The molecule has 2 aromatic rings. The van der Waals surface area contributed by atoms with E-state index in [0.29, 0.717) is 6.42 Å². The van der Waals surface area contributed by atoms with E-state index in [-0.39, 0.29) is 53.9 Å². The minimum Gasteiger partial charge on any atom is -0.507 e. The molecule has 3 rings (SSSR count). The first-order chi connectivity index (χ1) is 17.0. The zero-order valence-electron chi connectivity index (χ0n) is 20.2. The van der Waals surface area contributed by atoms with E-state index >= 15 is 0 Å². The van der Waals surface area contributed by atoms with Crippen LogP contribution in [0.1, 0.15) is 98.7 Å². The maximum atomic E-state index is 12.0. The number of carbonyl (C=O) groups excluding carboxylic acids is 4. The Morgan fingerprint density at radius 1 is 0.667 bits per heavy atom. The summed E-state index contributed by atoms with van der Waals surface area (Å²) in [5, 5.41) is 53.5. The maximum Gasteiger partial charge on any atom is 0.157 e. The molecule has 36 heavy (non-hydrogen) atoms. The number of aldehydes is 4. The Bertz CT molecular complexity index is 1210. The van der Waals surface area contributed by atoms with Crippen molar-refractivity contribution in [1.29, 1.82) is 0 Å². The summed E-state index contributed by atoms with van der Waals surface area (Å²) in [5.74, 6) is -5.68. The van der Waals surface area contributed by atoms with Gasteiger partial charge in [0.05, 0.1) is 27.8 Å². The third kappa shape index (κ3) is 3.92. The number of phenolic OH excluding ortho intramolecular Hbond substituents is 5. The van der Waals surface area contributed by atoms with Crippen LogP contribution in [0.2, 0.25) is 0 Å². The highest BCUT2D eigenvalue weighted by Crippen LogP contribution is 2.59. The number of carbonyl (C=O) groups is 4. The van der Waals surface area contributed by atoms with Crippen molar-refractivity contribution in [2.45, 2.75) is 46.1 Å². The predicted octanol–water partition coefficient (Wildman–Crippen LogP) is 4.00. The summed E-state index contributed by atoms with van der Waals surface area (Å²) in [4.78, 5) is 46.9. The number of rotatable bonds is 8. The van der Waals surface area contributed by atoms with Crippen molar-refractivity contribution >= 4 is 25.1 Å². The Morgan fingerprint density at radius 2 is 1.08 bits per heavy atom. The molecule has 0 amide bonds. The van der Waals surface area contributed by atoms with Crippen molar-refractivity contribution in [1.82, 2.24) is 0 Å². The van der Waals surface area contributed by atoms with Gasteiger partial charge in [0.25, 0.3) is 0 Å². The lowest BCUT2D eigenvalue weighted by Gasteiger charge is -2.44. The lowest BCUT2D eigenvalue weighted by molar-refractivity contribution is 0.0499. The average Bonchev–Trinajstić information content (AvgIpc) is 2.79. The number of fused-ring (bicyclic) bond motifs is 1. The molecule has 10 heteroatoms. The first kappa shape index (κ1) is 26.5. The van der Waals surface area contributed by atoms with Crippen LogP contribution in [-0.2, 0) is 0 Å². The van der Waals surface area contributed by atoms with Gasteiger partial charge >= 0.3 is 0 Å². The Kier molecular flexibility index (Phi) is 7.28. The van der Waals surface area contributed by atoms with Crippen molar-refractivity contribution < 1.29 is 49.4 Å². The molecule has 0 aromatic heterocycles. The van der Waals surface area contributed by atoms with Gasteiger partial charge in [0.15, 0.2) is 25.1 Å². The van der Waals surface area contributed by atoms with E-state index in [9.17, 15) is 44.7 Å². The molecule has 0 fully saturated rings. The van der Waals surface area contributed by atoms with Crippen LogP contribution in [0.3, 0.4) is 0 Å². The normalized spacial score (nSPS) is 19.0. The van der Waals surface area contributed by atoms with E-state index < -0.39 is 68.9 Å². The zero-order chi connectivity index (χ0) is 27.1. The Labute approximate surface area is 206 Å². The Balaban J connectivity index is 2.49. The Hall–Kier alpha value is -4.08. The molecule has 1 aliphatic rings. The smallest absolute Gasteiger partial charge is 0.157 e. The molecule has 3 atom stereocenters. The van der Waals surface area contributed by atoms with Crippen LogP contribution in [0.4, 0.5) is 0 Å². The minimum atomic E-state index is -1.29. The molecule has 10 nitrogen and oxygen atoms in total. The van der Waals surface area contributed by atoms with Gasteiger partial charge in [0.2, 0.25) is 0 Å². The zero-order valence-corrected chi connectivity index (χ0v) is 20.2. The van der Waals surface area contributed by atoms with Gasteiger partial charge in [-0.15, -0.1) is 0 Å². The third-order valence-corrected chi connectivity index (χ3v) is 6.72. The summed E-state index contributed by atoms with van der Waals surface area (Å²) in [6.45, 7) is 7.44. The third-order valence-electron chi connectivity index (χ3n) is 6.72. The van der Waals surface area contributed by atoms with Gasteiger partial charge in [0.1, 0.15) is 40.6 Å². The molecule has 192 valence electrons. The summed E-state index contributed by atoms with van der Waals surface area (Å²) in [5.41, 5.74) is -2.43. The molecular weight excluding hydrogens is 472 g/mol. The summed E-state index contributed by atoms with van der Waals surface area (Å²) >= 11 is 0.